The summed E-state index contributed by atoms with van der Waals surface area (Å²) in [5, 5.41) is 0. The molecule has 139 valence electrons. The first-order chi connectivity index (χ1) is 12.3. The molecule has 1 aromatic carbocycles. The third-order valence-electron chi connectivity index (χ3n) is 3.10. The van der Waals surface area contributed by atoms with E-state index in [-0.39, 0.29) is 0 Å². The molecule has 2 aromatic rings. The minimum absolute atomic E-state index is 0.730. The Labute approximate surface area is 167 Å². The number of benzene rings is 1. The largest absolute Gasteiger partial charge is 0.394 e. The number of hydrogen-bond acceptors (Lipinski definition) is 8. The molecule has 0 spiro atoms. The number of thiazole rings is 1. The zero-order chi connectivity index (χ0) is 17.7. The van der Waals surface area contributed by atoms with Crippen LogP contribution in [0.15, 0.2) is 28.6 Å². The van der Waals surface area contributed by atoms with E-state index >= 15 is 0 Å². The highest BCUT2D eigenvalue weighted by Crippen LogP contribution is 2.43. The Morgan fingerprint density at radius 2 is 2.04 bits per heavy atom. The van der Waals surface area contributed by atoms with Crippen LogP contribution < -0.4 is 0 Å². The van der Waals surface area contributed by atoms with E-state index in [0.717, 1.165) is 54.3 Å². The Morgan fingerprint density at radius 3 is 2.84 bits per heavy atom. The average Bonchev–Trinajstić information content (AvgIpc) is 3.04. The number of para-hydroxylation sites is 1. The molecular formula is C16H24NO3S4Si. The molecule has 0 saturated heterocycles. The van der Waals surface area contributed by atoms with Crippen LogP contribution in [0.3, 0.4) is 0 Å². The molecule has 2 rings (SSSR count). The van der Waals surface area contributed by atoms with Gasteiger partial charge in [-0.05, 0) is 58.6 Å². The van der Waals surface area contributed by atoms with E-state index in [4.69, 9.17) is 13.6 Å². The standard InChI is InChI=1S/C16H24NO3S4Si/c1-3-19-25(20-11-6-10-18-2)13-7-12-21-24-23-16-17-14-8-4-5-9-15(14)22-16/h4-5,8-9H,3,6-7,10-13H2,1-2H3. The van der Waals surface area contributed by atoms with Crippen LogP contribution in [0, 0.1) is 0 Å². The second-order valence-electron chi connectivity index (χ2n) is 5.02. The Hall–Kier alpha value is 0.257. The fraction of sp³-hybridized carbons (Fsp3) is 0.562. The van der Waals surface area contributed by atoms with Crippen LogP contribution in [0.25, 0.3) is 10.2 Å². The van der Waals surface area contributed by atoms with Crippen LogP contribution in [-0.2, 0) is 13.6 Å². The van der Waals surface area contributed by atoms with Gasteiger partial charge in [0.05, 0.1) is 10.2 Å². The van der Waals surface area contributed by atoms with Crippen molar-refractivity contribution in [2.45, 2.75) is 30.1 Å². The van der Waals surface area contributed by atoms with E-state index in [1.807, 2.05) is 23.8 Å². The summed E-state index contributed by atoms with van der Waals surface area (Å²) in [6.45, 7) is 4.24. The minimum atomic E-state index is -1.13. The molecule has 0 unspecified atom stereocenters. The van der Waals surface area contributed by atoms with E-state index in [1.54, 1.807) is 39.1 Å². The second-order valence-corrected chi connectivity index (χ2v) is 12.3. The molecule has 0 fully saturated rings. The number of hydrogen-bond donors (Lipinski definition) is 0. The first-order valence-electron chi connectivity index (χ1n) is 8.25. The van der Waals surface area contributed by atoms with Crippen LogP contribution in [0.2, 0.25) is 6.04 Å². The molecule has 0 amide bonds. The maximum atomic E-state index is 5.86. The molecule has 25 heavy (non-hydrogen) atoms. The molecule has 1 radical (unpaired) electrons. The highest BCUT2D eigenvalue weighted by molar-refractivity contribution is 9.09. The van der Waals surface area contributed by atoms with Crippen molar-refractivity contribution < 1.29 is 13.6 Å². The van der Waals surface area contributed by atoms with Gasteiger partial charge in [0.15, 0.2) is 4.34 Å². The monoisotopic (exact) mass is 434 g/mol. The first kappa shape index (κ1) is 21.6. The van der Waals surface area contributed by atoms with E-state index in [0.29, 0.717) is 0 Å². The molecule has 0 N–H and O–H groups in total. The van der Waals surface area contributed by atoms with Crippen molar-refractivity contribution in [2.24, 2.45) is 0 Å². The normalized spacial score (nSPS) is 11.6. The van der Waals surface area contributed by atoms with Gasteiger partial charge in [-0.25, -0.2) is 4.98 Å². The SMILES string of the molecule is CCO[Si](CCCSSSc1nc2ccccc2s1)OCCCOC. The first-order valence-corrected chi connectivity index (χ1v) is 14.2. The Morgan fingerprint density at radius 1 is 1.16 bits per heavy atom. The summed E-state index contributed by atoms with van der Waals surface area (Å²) in [5.74, 6) is 1.10. The van der Waals surface area contributed by atoms with Crippen molar-refractivity contribution in [3.8, 4) is 0 Å². The van der Waals surface area contributed by atoms with Crippen LogP contribution in [-0.4, -0.2) is 47.0 Å². The minimum Gasteiger partial charge on any atom is -0.394 e. The van der Waals surface area contributed by atoms with Gasteiger partial charge >= 0.3 is 9.28 Å². The smallest absolute Gasteiger partial charge is 0.384 e. The van der Waals surface area contributed by atoms with Crippen molar-refractivity contribution in [2.75, 3.05) is 32.7 Å². The summed E-state index contributed by atoms with van der Waals surface area (Å²) < 4.78 is 19.0. The summed E-state index contributed by atoms with van der Waals surface area (Å²) in [6, 6.07) is 9.32. The maximum Gasteiger partial charge on any atom is 0.384 e. The summed E-state index contributed by atoms with van der Waals surface area (Å²) >= 11 is 1.76. The van der Waals surface area contributed by atoms with Crippen molar-refractivity contribution in [1.82, 2.24) is 4.98 Å². The van der Waals surface area contributed by atoms with Gasteiger partial charge in [-0.1, -0.05) is 22.9 Å². The molecule has 4 nitrogen and oxygen atoms in total. The van der Waals surface area contributed by atoms with Crippen molar-refractivity contribution in [3.63, 3.8) is 0 Å². The molecule has 9 heteroatoms. The quantitative estimate of drug-likeness (QED) is 0.216. The summed E-state index contributed by atoms with van der Waals surface area (Å²) in [7, 11) is 6.03. The van der Waals surface area contributed by atoms with Gasteiger partial charge in [0.25, 0.3) is 0 Å². The number of aromatic nitrogens is 1. The fourth-order valence-electron chi connectivity index (χ4n) is 1.99. The molecule has 0 saturated carbocycles. The number of nitrogens with zero attached hydrogens (tertiary/aromatic N) is 1. The number of ether oxygens (including phenoxy) is 1. The second kappa shape index (κ2) is 13.4. The van der Waals surface area contributed by atoms with Crippen molar-refractivity contribution in [1.29, 1.82) is 0 Å². The van der Waals surface area contributed by atoms with Gasteiger partial charge in [-0.15, -0.1) is 11.3 Å². The predicted molar refractivity (Wildman–Crippen MR) is 115 cm³/mol. The lowest BCUT2D eigenvalue weighted by molar-refractivity contribution is 0.152. The number of methoxy groups -OCH3 is 1. The van der Waals surface area contributed by atoms with Crippen molar-refractivity contribution >= 4 is 62.3 Å². The lowest BCUT2D eigenvalue weighted by Crippen LogP contribution is -2.24. The Balaban J connectivity index is 1.56. The van der Waals surface area contributed by atoms with Gasteiger partial charge in [0, 0.05) is 32.7 Å². The average molecular weight is 435 g/mol. The third kappa shape index (κ3) is 8.66. The third-order valence-corrected chi connectivity index (χ3v) is 10.4. The lowest BCUT2D eigenvalue weighted by Gasteiger charge is -2.14. The highest BCUT2D eigenvalue weighted by Gasteiger charge is 2.14. The number of fused-ring (bicyclic) bond motifs is 1. The molecular weight excluding hydrogens is 411 g/mol. The topological polar surface area (TPSA) is 40.6 Å². The molecule has 1 heterocycles. The van der Waals surface area contributed by atoms with Crippen LogP contribution >= 0.6 is 42.8 Å². The zero-order valence-corrected chi connectivity index (χ0v) is 18.8. The van der Waals surface area contributed by atoms with E-state index in [2.05, 4.69) is 23.2 Å². The molecule has 0 atom stereocenters. The zero-order valence-electron chi connectivity index (χ0n) is 14.6. The summed E-state index contributed by atoms with van der Waals surface area (Å²) in [5.41, 5.74) is 1.09. The van der Waals surface area contributed by atoms with Gasteiger partial charge < -0.3 is 13.6 Å². The van der Waals surface area contributed by atoms with E-state index < -0.39 is 9.28 Å². The maximum absolute atomic E-state index is 5.86. The summed E-state index contributed by atoms with van der Waals surface area (Å²) in [4.78, 5) is 4.63. The van der Waals surface area contributed by atoms with E-state index in [1.165, 1.54) is 4.70 Å². The number of rotatable bonds is 14. The van der Waals surface area contributed by atoms with Gasteiger partial charge in [-0.3, -0.25) is 0 Å². The van der Waals surface area contributed by atoms with E-state index in [9.17, 15) is 0 Å². The molecule has 1 aromatic heterocycles. The molecule has 0 aliphatic heterocycles. The lowest BCUT2D eigenvalue weighted by atomic mass is 10.3. The van der Waals surface area contributed by atoms with Crippen LogP contribution in [0.1, 0.15) is 19.8 Å². The molecule has 0 bridgehead atoms. The van der Waals surface area contributed by atoms with Crippen molar-refractivity contribution in [3.05, 3.63) is 24.3 Å². The Kier molecular flexibility index (Phi) is 11.6. The van der Waals surface area contributed by atoms with Gasteiger partial charge in [0.1, 0.15) is 0 Å². The highest BCUT2D eigenvalue weighted by atomic mass is 33.5. The molecule has 0 aliphatic rings. The van der Waals surface area contributed by atoms with Gasteiger partial charge in [-0.2, -0.15) is 0 Å². The Bertz CT molecular complexity index is 569. The summed E-state index contributed by atoms with van der Waals surface area (Å²) in [6.07, 6.45) is 2.05. The predicted octanol–water partition coefficient (Wildman–Crippen LogP) is 5.65. The van der Waals surface area contributed by atoms with Gasteiger partial charge in [0.2, 0.25) is 0 Å². The van der Waals surface area contributed by atoms with Crippen LogP contribution in [0.4, 0.5) is 0 Å². The van der Waals surface area contributed by atoms with Crippen LogP contribution in [0.5, 0.6) is 0 Å². The fourth-order valence-corrected chi connectivity index (χ4v) is 9.06. The molecule has 0 aliphatic carbocycles.